The number of anilines is 1. The highest BCUT2D eigenvalue weighted by molar-refractivity contribution is 5.78. The van der Waals surface area contributed by atoms with Crippen molar-refractivity contribution in [3.05, 3.63) is 60.2 Å². The normalized spacial score (nSPS) is 15.5. The molecule has 0 spiro atoms. The number of aromatic amines is 1. The largest absolute Gasteiger partial charge is 0.370 e. The van der Waals surface area contributed by atoms with Gasteiger partial charge in [0, 0.05) is 44.8 Å². The predicted molar refractivity (Wildman–Crippen MR) is 106 cm³/mol. The highest BCUT2D eigenvalue weighted by Gasteiger charge is 2.18. The topological polar surface area (TPSA) is 73.5 Å². The Morgan fingerprint density at radius 2 is 1.81 bits per heavy atom. The van der Waals surface area contributed by atoms with Crippen LogP contribution in [0.3, 0.4) is 0 Å². The molecule has 0 atom stereocenters. The lowest BCUT2D eigenvalue weighted by molar-refractivity contribution is 0.381. The Hall–Kier alpha value is -3.09. The maximum atomic E-state index is 13.1. The summed E-state index contributed by atoms with van der Waals surface area (Å²) in [4.78, 5) is 16.7. The van der Waals surface area contributed by atoms with Gasteiger partial charge in [0.15, 0.2) is 5.96 Å². The lowest BCUT2D eigenvalue weighted by Gasteiger charge is -2.36. The average molecular weight is 366 g/mol. The fourth-order valence-electron chi connectivity index (χ4n) is 3.35. The molecule has 7 heteroatoms. The fraction of sp³-hybridized carbons (Fsp3) is 0.300. The van der Waals surface area contributed by atoms with Gasteiger partial charge in [0.2, 0.25) is 0 Å². The number of fused-ring (bicyclic) bond motifs is 1. The van der Waals surface area contributed by atoms with E-state index in [4.69, 9.17) is 5.73 Å². The van der Waals surface area contributed by atoms with Crippen LogP contribution in [0, 0.1) is 5.82 Å². The molecule has 0 amide bonds. The van der Waals surface area contributed by atoms with Gasteiger partial charge in [0.1, 0.15) is 11.6 Å². The Morgan fingerprint density at radius 3 is 2.56 bits per heavy atom. The minimum atomic E-state index is -0.210. The first-order valence-corrected chi connectivity index (χ1v) is 9.18. The zero-order valence-corrected chi connectivity index (χ0v) is 15.1. The molecule has 1 aliphatic rings. The number of rotatable bonds is 4. The second kappa shape index (κ2) is 7.65. The minimum absolute atomic E-state index is 0.210. The number of nitrogens with zero attached hydrogens (tertiary/aromatic N) is 4. The van der Waals surface area contributed by atoms with Crippen LogP contribution in [0.5, 0.6) is 0 Å². The van der Waals surface area contributed by atoms with Gasteiger partial charge in [-0.25, -0.2) is 9.37 Å². The Balaban J connectivity index is 1.29. The molecule has 0 bridgehead atoms. The van der Waals surface area contributed by atoms with Crippen molar-refractivity contribution in [1.82, 2.24) is 14.9 Å². The number of hydrogen-bond donors (Lipinski definition) is 2. The van der Waals surface area contributed by atoms with Crippen LogP contribution in [0.1, 0.15) is 5.82 Å². The molecule has 0 unspecified atom stereocenters. The Bertz CT molecular complexity index is 892. The standard InChI is InChI=1S/C20H23FN6/c21-15-5-7-16(8-6-15)26-11-13-27(14-12-26)20(22)23-10-9-19-24-17-3-1-2-4-18(17)25-19/h1-8H,9-14H2,(H2,22,23)(H,24,25). The zero-order chi connectivity index (χ0) is 18.6. The van der Waals surface area contributed by atoms with E-state index in [-0.39, 0.29) is 5.82 Å². The number of aromatic nitrogens is 2. The summed E-state index contributed by atoms with van der Waals surface area (Å²) in [6, 6.07) is 14.6. The maximum Gasteiger partial charge on any atom is 0.191 e. The van der Waals surface area contributed by atoms with Crippen LogP contribution in [0.4, 0.5) is 10.1 Å². The van der Waals surface area contributed by atoms with Crippen LogP contribution < -0.4 is 10.6 Å². The number of para-hydroxylation sites is 2. The molecule has 1 aliphatic heterocycles. The van der Waals surface area contributed by atoms with Crippen molar-refractivity contribution < 1.29 is 4.39 Å². The number of imidazole rings is 1. The van der Waals surface area contributed by atoms with Crippen LogP contribution in [0.2, 0.25) is 0 Å². The number of aliphatic imine (C=N–C) groups is 1. The second-order valence-corrected chi connectivity index (χ2v) is 6.64. The number of benzene rings is 2. The molecule has 2 aromatic carbocycles. The zero-order valence-electron chi connectivity index (χ0n) is 15.1. The van der Waals surface area contributed by atoms with E-state index in [0.29, 0.717) is 12.5 Å². The minimum Gasteiger partial charge on any atom is -0.370 e. The quantitative estimate of drug-likeness (QED) is 0.549. The Labute approximate surface area is 157 Å². The SMILES string of the molecule is NC(=NCCc1nc2ccccc2[nH]1)N1CCN(c2ccc(F)cc2)CC1. The summed E-state index contributed by atoms with van der Waals surface area (Å²) in [5.74, 6) is 1.29. The van der Waals surface area contributed by atoms with E-state index in [9.17, 15) is 4.39 Å². The van der Waals surface area contributed by atoms with Gasteiger partial charge in [-0.1, -0.05) is 12.1 Å². The van der Waals surface area contributed by atoms with Gasteiger partial charge in [0.25, 0.3) is 0 Å². The summed E-state index contributed by atoms with van der Waals surface area (Å²) < 4.78 is 13.1. The van der Waals surface area contributed by atoms with Crippen LogP contribution in [-0.2, 0) is 6.42 Å². The van der Waals surface area contributed by atoms with E-state index in [1.54, 1.807) is 0 Å². The summed E-state index contributed by atoms with van der Waals surface area (Å²) >= 11 is 0. The van der Waals surface area contributed by atoms with Crippen molar-refractivity contribution >= 4 is 22.7 Å². The third-order valence-electron chi connectivity index (χ3n) is 4.86. The number of nitrogens with one attached hydrogen (secondary N) is 1. The highest BCUT2D eigenvalue weighted by atomic mass is 19.1. The van der Waals surface area contributed by atoms with Crippen LogP contribution >= 0.6 is 0 Å². The predicted octanol–water partition coefficient (Wildman–Crippen LogP) is 2.38. The third kappa shape index (κ3) is 4.02. The molecule has 27 heavy (non-hydrogen) atoms. The Morgan fingerprint density at radius 1 is 1.07 bits per heavy atom. The molecule has 1 fully saturated rings. The van der Waals surface area contributed by atoms with Crippen molar-refractivity contribution in [2.75, 3.05) is 37.6 Å². The smallest absolute Gasteiger partial charge is 0.191 e. The van der Waals surface area contributed by atoms with E-state index >= 15 is 0 Å². The monoisotopic (exact) mass is 366 g/mol. The number of halogens is 1. The summed E-state index contributed by atoms with van der Waals surface area (Å²) in [5, 5.41) is 0. The Kier molecular flexibility index (Phi) is 4.91. The summed E-state index contributed by atoms with van der Waals surface area (Å²) in [6.07, 6.45) is 0.727. The van der Waals surface area contributed by atoms with E-state index < -0.39 is 0 Å². The van der Waals surface area contributed by atoms with Gasteiger partial charge < -0.3 is 20.5 Å². The summed E-state index contributed by atoms with van der Waals surface area (Å²) in [7, 11) is 0. The molecule has 140 valence electrons. The fourth-order valence-corrected chi connectivity index (χ4v) is 3.35. The molecule has 0 radical (unpaired) electrons. The lowest BCUT2D eigenvalue weighted by atomic mass is 10.2. The van der Waals surface area contributed by atoms with Gasteiger partial charge in [-0.2, -0.15) is 0 Å². The number of nitrogens with two attached hydrogens (primary N) is 1. The van der Waals surface area contributed by atoms with Crippen LogP contribution in [-0.4, -0.2) is 53.6 Å². The van der Waals surface area contributed by atoms with Crippen molar-refractivity contribution in [1.29, 1.82) is 0 Å². The molecule has 1 aromatic heterocycles. The van der Waals surface area contributed by atoms with E-state index in [1.807, 2.05) is 36.4 Å². The molecule has 6 nitrogen and oxygen atoms in total. The van der Waals surface area contributed by atoms with Crippen LogP contribution in [0.25, 0.3) is 11.0 Å². The van der Waals surface area contributed by atoms with Crippen molar-refractivity contribution in [2.24, 2.45) is 10.7 Å². The molecule has 3 N–H and O–H groups in total. The van der Waals surface area contributed by atoms with Crippen molar-refractivity contribution in [3.8, 4) is 0 Å². The molecule has 2 heterocycles. The first kappa shape index (κ1) is 17.3. The number of piperazine rings is 1. The second-order valence-electron chi connectivity index (χ2n) is 6.64. The van der Waals surface area contributed by atoms with E-state index in [0.717, 1.165) is 55.1 Å². The van der Waals surface area contributed by atoms with Gasteiger partial charge in [-0.3, -0.25) is 4.99 Å². The van der Waals surface area contributed by atoms with Gasteiger partial charge in [0.05, 0.1) is 11.0 Å². The van der Waals surface area contributed by atoms with Gasteiger partial charge >= 0.3 is 0 Å². The molecule has 0 saturated carbocycles. The van der Waals surface area contributed by atoms with Gasteiger partial charge in [-0.15, -0.1) is 0 Å². The summed E-state index contributed by atoms with van der Waals surface area (Å²) in [6.45, 7) is 3.88. The average Bonchev–Trinajstić information content (AvgIpc) is 3.11. The number of hydrogen-bond acceptors (Lipinski definition) is 3. The van der Waals surface area contributed by atoms with Crippen molar-refractivity contribution in [2.45, 2.75) is 6.42 Å². The molecular weight excluding hydrogens is 343 g/mol. The molecule has 0 aliphatic carbocycles. The maximum absolute atomic E-state index is 13.1. The van der Waals surface area contributed by atoms with Crippen LogP contribution in [0.15, 0.2) is 53.5 Å². The summed E-state index contributed by atoms with van der Waals surface area (Å²) in [5.41, 5.74) is 9.22. The molecule has 4 rings (SSSR count). The highest BCUT2D eigenvalue weighted by Crippen LogP contribution is 2.17. The van der Waals surface area contributed by atoms with Crippen molar-refractivity contribution in [3.63, 3.8) is 0 Å². The number of guanidine groups is 1. The lowest BCUT2D eigenvalue weighted by Crippen LogP contribution is -2.51. The molecule has 1 saturated heterocycles. The first-order chi connectivity index (χ1) is 13.2. The third-order valence-corrected chi connectivity index (χ3v) is 4.86. The molecule has 3 aromatic rings. The number of H-pyrrole nitrogens is 1. The first-order valence-electron chi connectivity index (χ1n) is 9.18. The molecular formula is C20H23FN6. The van der Waals surface area contributed by atoms with Gasteiger partial charge in [-0.05, 0) is 36.4 Å². The van der Waals surface area contributed by atoms with E-state index in [1.165, 1.54) is 12.1 Å². The van der Waals surface area contributed by atoms with E-state index in [2.05, 4.69) is 24.8 Å².